The van der Waals surface area contributed by atoms with Crippen molar-refractivity contribution < 1.29 is 9.59 Å². The van der Waals surface area contributed by atoms with Crippen LogP contribution < -0.4 is 0 Å². The Bertz CT molecular complexity index is 1370. The lowest BCUT2D eigenvalue weighted by Gasteiger charge is -2.41. The van der Waals surface area contributed by atoms with Gasteiger partial charge in [-0.1, -0.05) is 51.3 Å². The van der Waals surface area contributed by atoms with Gasteiger partial charge in [0, 0.05) is 45.9 Å². The van der Waals surface area contributed by atoms with E-state index in [0.29, 0.717) is 40.8 Å². The fourth-order valence-electron chi connectivity index (χ4n) is 4.23. The van der Waals surface area contributed by atoms with E-state index in [0.717, 1.165) is 15.6 Å². The predicted octanol–water partition coefficient (Wildman–Crippen LogP) is 5.74. The maximum Gasteiger partial charge on any atom is 0.257 e. The Hall–Kier alpha value is -2.87. The van der Waals surface area contributed by atoms with Crippen LogP contribution in [0.4, 0.5) is 0 Å². The van der Waals surface area contributed by atoms with Gasteiger partial charge in [0.05, 0.1) is 23.3 Å². The van der Waals surface area contributed by atoms with Gasteiger partial charge in [0.25, 0.3) is 11.8 Å². The Morgan fingerprint density at radius 3 is 2.29 bits per heavy atom. The molecule has 1 aliphatic rings. The van der Waals surface area contributed by atoms with E-state index in [2.05, 4.69) is 21.0 Å². The molecule has 1 fully saturated rings. The van der Waals surface area contributed by atoms with Gasteiger partial charge in [0.15, 0.2) is 0 Å². The minimum absolute atomic E-state index is 0.108. The van der Waals surface area contributed by atoms with Crippen LogP contribution in [0.3, 0.4) is 0 Å². The summed E-state index contributed by atoms with van der Waals surface area (Å²) >= 11 is 15.6. The third-order valence-electron chi connectivity index (χ3n) is 5.99. The van der Waals surface area contributed by atoms with Gasteiger partial charge in [0.2, 0.25) is 0 Å². The lowest BCUT2D eigenvalue weighted by Crippen LogP contribution is -2.52. The fourth-order valence-corrected chi connectivity index (χ4v) is 4.82. The number of amides is 2. The molecule has 0 aliphatic carbocycles. The predicted molar refractivity (Wildman–Crippen MR) is 135 cm³/mol. The van der Waals surface area contributed by atoms with Gasteiger partial charge < -0.3 is 9.80 Å². The van der Waals surface area contributed by atoms with Crippen LogP contribution in [-0.2, 0) is 0 Å². The molecule has 1 unspecified atom stereocenters. The number of carbonyl (C=O) groups is 2. The van der Waals surface area contributed by atoms with E-state index in [-0.39, 0.29) is 17.9 Å². The van der Waals surface area contributed by atoms with Crippen molar-refractivity contribution in [3.8, 4) is 0 Å². The number of aromatic nitrogens is 2. The zero-order valence-corrected chi connectivity index (χ0v) is 21.0. The third-order valence-corrected chi connectivity index (χ3v) is 6.99. The minimum Gasteiger partial charge on any atom is -0.334 e. The molecular formula is C25H19BrCl2N4O2. The maximum absolute atomic E-state index is 13.5. The van der Waals surface area contributed by atoms with Crippen molar-refractivity contribution >= 4 is 56.5 Å². The van der Waals surface area contributed by atoms with Crippen LogP contribution in [0.2, 0.25) is 10.0 Å². The summed E-state index contributed by atoms with van der Waals surface area (Å²) < 4.78 is 2.54. The average Bonchev–Trinajstić information content (AvgIpc) is 3.27. The molecule has 6 nitrogen and oxygen atoms in total. The SMILES string of the molecule is O=C(c1cnn2ccc(Br)cc12)N1CCN(C(=O)c2ccc(Cl)cc2)C(c2ccc(Cl)cc2)C1. The van der Waals surface area contributed by atoms with Crippen molar-refractivity contribution in [3.05, 3.63) is 104 Å². The molecule has 0 N–H and O–H groups in total. The fraction of sp³-hybridized carbons (Fsp3) is 0.160. The third kappa shape index (κ3) is 4.43. The normalized spacial score (nSPS) is 16.1. The van der Waals surface area contributed by atoms with Crippen LogP contribution in [0.5, 0.6) is 0 Å². The van der Waals surface area contributed by atoms with Crippen molar-refractivity contribution in [2.75, 3.05) is 19.6 Å². The van der Waals surface area contributed by atoms with Gasteiger partial charge in [-0.25, -0.2) is 4.52 Å². The van der Waals surface area contributed by atoms with E-state index in [1.165, 1.54) is 0 Å². The second-order valence-electron chi connectivity index (χ2n) is 8.06. The number of piperazine rings is 1. The molecule has 172 valence electrons. The summed E-state index contributed by atoms with van der Waals surface area (Å²) in [5.41, 5.74) is 2.71. The molecule has 0 saturated carbocycles. The van der Waals surface area contributed by atoms with Crippen LogP contribution in [0, 0.1) is 0 Å². The first kappa shape index (κ1) is 22.9. The second-order valence-corrected chi connectivity index (χ2v) is 9.85. The van der Waals surface area contributed by atoms with Gasteiger partial charge in [-0.3, -0.25) is 9.59 Å². The number of fused-ring (bicyclic) bond motifs is 1. The number of hydrogen-bond donors (Lipinski definition) is 0. The van der Waals surface area contributed by atoms with E-state index in [1.54, 1.807) is 58.2 Å². The van der Waals surface area contributed by atoms with E-state index < -0.39 is 0 Å². The summed E-state index contributed by atoms with van der Waals surface area (Å²) in [6.45, 7) is 1.15. The van der Waals surface area contributed by atoms with Gasteiger partial charge in [-0.05, 0) is 54.1 Å². The first-order valence-corrected chi connectivity index (χ1v) is 12.2. The molecule has 34 heavy (non-hydrogen) atoms. The van der Waals surface area contributed by atoms with Gasteiger partial charge in [-0.15, -0.1) is 0 Å². The number of nitrogens with zero attached hydrogens (tertiary/aromatic N) is 4. The highest BCUT2D eigenvalue weighted by Crippen LogP contribution is 2.30. The largest absolute Gasteiger partial charge is 0.334 e. The molecule has 4 aromatic rings. The Labute approximate surface area is 214 Å². The van der Waals surface area contributed by atoms with Crippen molar-refractivity contribution in [2.45, 2.75) is 6.04 Å². The average molecular weight is 558 g/mol. The minimum atomic E-state index is -0.327. The van der Waals surface area contributed by atoms with Crippen molar-refractivity contribution in [1.82, 2.24) is 19.4 Å². The molecule has 2 amide bonds. The van der Waals surface area contributed by atoms with Gasteiger partial charge in [0.1, 0.15) is 0 Å². The zero-order chi connectivity index (χ0) is 23.8. The van der Waals surface area contributed by atoms with Crippen molar-refractivity contribution in [2.24, 2.45) is 0 Å². The first-order valence-electron chi connectivity index (χ1n) is 10.6. The van der Waals surface area contributed by atoms with Crippen molar-refractivity contribution in [3.63, 3.8) is 0 Å². The highest BCUT2D eigenvalue weighted by molar-refractivity contribution is 9.10. The lowest BCUT2D eigenvalue weighted by molar-refractivity contribution is 0.0384. The van der Waals surface area contributed by atoms with Crippen molar-refractivity contribution in [1.29, 1.82) is 0 Å². The molecule has 0 spiro atoms. The molecular weight excluding hydrogens is 539 g/mol. The molecule has 2 aromatic heterocycles. The van der Waals surface area contributed by atoms with E-state index in [4.69, 9.17) is 23.2 Å². The molecule has 1 saturated heterocycles. The number of halogens is 3. The number of hydrogen-bond acceptors (Lipinski definition) is 3. The van der Waals surface area contributed by atoms with Crippen LogP contribution >= 0.6 is 39.1 Å². The van der Waals surface area contributed by atoms with Crippen LogP contribution in [0.1, 0.15) is 32.3 Å². The summed E-state index contributed by atoms with van der Waals surface area (Å²) in [6, 6.07) is 17.7. The van der Waals surface area contributed by atoms with Crippen LogP contribution in [0.25, 0.3) is 5.52 Å². The molecule has 0 radical (unpaired) electrons. The summed E-state index contributed by atoms with van der Waals surface area (Å²) in [7, 11) is 0. The molecule has 9 heteroatoms. The Morgan fingerprint density at radius 1 is 0.912 bits per heavy atom. The van der Waals surface area contributed by atoms with Crippen LogP contribution in [-0.4, -0.2) is 50.9 Å². The number of rotatable bonds is 3. The Balaban J connectivity index is 1.47. The quantitative estimate of drug-likeness (QED) is 0.322. The van der Waals surface area contributed by atoms with E-state index >= 15 is 0 Å². The smallest absolute Gasteiger partial charge is 0.257 e. The number of benzene rings is 2. The second kappa shape index (κ2) is 9.41. The molecule has 0 bridgehead atoms. The van der Waals surface area contributed by atoms with Gasteiger partial charge in [-0.2, -0.15) is 5.10 Å². The molecule has 2 aromatic carbocycles. The molecule has 1 atom stereocenters. The van der Waals surface area contributed by atoms with Gasteiger partial charge >= 0.3 is 0 Å². The Morgan fingerprint density at radius 2 is 1.59 bits per heavy atom. The summed E-state index contributed by atoms with van der Waals surface area (Å²) in [5, 5.41) is 5.49. The topological polar surface area (TPSA) is 57.9 Å². The zero-order valence-electron chi connectivity index (χ0n) is 17.9. The standard InChI is InChI=1S/C25H19BrCl2N4O2/c26-18-9-10-32-22(13-18)21(14-29-32)25(34)30-11-12-31(24(33)17-3-7-20(28)8-4-17)23(15-30)16-1-5-19(27)6-2-16/h1-10,13-14,23H,11-12,15H2. The van der Waals surface area contributed by atoms with Crippen LogP contribution in [0.15, 0.2) is 77.5 Å². The summed E-state index contributed by atoms with van der Waals surface area (Å²) in [4.78, 5) is 30.5. The highest BCUT2D eigenvalue weighted by Gasteiger charge is 2.35. The highest BCUT2D eigenvalue weighted by atomic mass is 79.9. The number of carbonyl (C=O) groups excluding carboxylic acids is 2. The first-order chi connectivity index (χ1) is 16.4. The summed E-state index contributed by atoms with van der Waals surface area (Å²) in [6.07, 6.45) is 3.39. The monoisotopic (exact) mass is 556 g/mol. The van der Waals surface area contributed by atoms with E-state index in [1.807, 2.05) is 29.2 Å². The number of pyridine rings is 1. The molecule has 3 heterocycles. The van der Waals surface area contributed by atoms with E-state index in [9.17, 15) is 9.59 Å². The Kier molecular flexibility index (Phi) is 6.34. The molecule has 5 rings (SSSR count). The maximum atomic E-state index is 13.5. The summed E-state index contributed by atoms with van der Waals surface area (Å²) in [5.74, 6) is -0.228. The molecule has 1 aliphatic heterocycles. The lowest BCUT2D eigenvalue weighted by atomic mass is 10.0.